The molecule has 1 atom stereocenters. The molecule has 156 valence electrons. The lowest BCUT2D eigenvalue weighted by Gasteiger charge is -2.32. The van der Waals surface area contributed by atoms with Gasteiger partial charge in [-0.05, 0) is 41.7 Å². The van der Waals surface area contributed by atoms with Gasteiger partial charge in [-0.25, -0.2) is 9.69 Å². The van der Waals surface area contributed by atoms with Crippen molar-refractivity contribution in [1.82, 2.24) is 15.1 Å². The first-order valence-corrected chi connectivity index (χ1v) is 10.2. The van der Waals surface area contributed by atoms with E-state index < -0.39 is 5.54 Å². The standard InChI is InChI=1S/C24H27N3O3/c1-3-14-26(16-18-8-10-21(30-2)11-9-18)17-27-22(28)24(25-23(27)29)13-12-19-6-4-5-7-20(19)15-24/h3-11H,1,12-17H2,2H3,(H,25,29). The summed E-state index contributed by atoms with van der Waals surface area (Å²) in [5.74, 6) is 0.661. The van der Waals surface area contributed by atoms with Crippen LogP contribution in [0.2, 0.25) is 0 Å². The topological polar surface area (TPSA) is 61.9 Å². The number of carbonyl (C=O) groups is 2. The van der Waals surface area contributed by atoms with Crippen molar-refractivity contribution in [2.24, 2.45) is 0 Å². The Kier molecular flexibility index (Phi) is 5.59. The van der Waals surface area contributed by atoms with Crippen LogP contribution in [0.15, 0.2) is 61.2 Å². The zero-order valence-corrected chi connectivity index (χ0v) is 17.3. The van der Waals surface area contributed by atoms with E-state index in [0.717, 1.165) is 23.3 Å². The van der Waals surface area contributed by atoms with Crippen molar-refractivity contribution in [1.29, 1.82) is 0 Å². The first kappa shape index (κ1) is 20.2. The van der Waals surface area contributed by atoms with E-state index in [0.29, 0.717) is 25.9 Å². The summed E-state index contributed by atoms with van der Waals surface area (Å²) >= 11 is 0. The zero-order valence-electron chi connectivity index (χ0n) is 17.3. The van der Waals surface area contributed by atoms with Gasteiger partial charge in [-0.2, -0.15) is 0 Å². The van der Waals surface area contributed by atoms with Crippen LogP contribution in [0.5, 0.6) is 5.75 Å². The predicted molar refractivity (Wildman–Crippen MR) is 115 cm³/mol. The summed E-state index contributed by atoms with van der Waals surface area (Å²) in [6, 6.07) is 15.6. The molecular formula is C24H27N3O3. The largest absolute Gasteiger partial charge is 0.497 e. The molecule has 1 fully saturated rings. The summed E-state index contributed by atoms with van der Waals surface area (Å²) in [7, 11) is 1.64. The summed E-state index contributed by atoms with van der Waals surface area (Å²) in [6.07, 6.45) is 3.75. The third-order valence-electron chi connectivity index (χ3n) is 5.97. The van der Waals surface area contributed by atoms with E-state index in [2.05, 4.69) is 18.0 Å². The van der Waals surface area contributed by atoms with E-state index in [1.807, 2.05) is 47.4 Å². The van der Waals surface area contributed by atoms with Gasteiger partial charge in [-0.1, -0.05) is 42.5 Å². The van der Waals surface area contributed by atoms with Crippen LogP contribution in [-0.2, 0) is 24.2 Å². The fraction of sp³-hybridized carbons (Fsp3) is 0.333. The van der Waals surface area contributed by atoms with E-state index in [1.165, 1.54) is 10.5 Å². The van der Waals surface area contributed by atoms with Crippen LogP contribution in [0.25, 0.3) is 0 Å². The smallest absolute Gasteiger partial charge is 0.326 e. The van der Waals surface area contributed by atoms with Crippen molar-refractivity contribution in [3.63, 3.8) is 0 Å². The average Bonchev–Trinajstić information content (AvgIpc) is 2.98. The second kappa shape index (κ2) is 8.32. The molecule has 0 bridgehead atoms. The molecule has 1 heterocycles. The average molecular weight is 405 g/mol. The Hall–Kier alpha value is -3.12. The molecule has 3 amide bonds. The molecule has 4 rings (SSSR count). The second-order valence-electron chi connectivity index (χ2n) is 7.98. The minimum atomic E-state index is -0.828. The van der Waals surface area contributed by atoms with Crippen molar-refractivity contribution in [2.45, 2.75) is 31.3 Å². The lowest BCUT2D eigenvalue weighted by Crippen LogP contribution is -2.51. The lowest BCUT2D eigenvalue weighted by molar-refractivity contribution is -0.133. The highest BCUT2D eigenvalue weighted by molar-refractivity contribution is 6.07. The Morgan fingerprint density at radius 2 is 1.90 bits per heavy atom. The fourth-order valence-electron chi connectivity index (χ4n) is 4.37. The molecule has 6 nitrogen and oxygen atoms in total. The van der Waals surface area contributed by atoms with Gasteiger partial charge < -0.3 is 10.1 Å². The number of amides is 3. The number of nitrogens with zero attached hydrogens (tertiary/aromatic N) is 2. The molecular weight excluding hydrogens is 378 g/mol. The Labute approximate surface area is 177 Å². The fourth-order valence-corrected chi connectivity index (χ4v) is 4.37. The number of urea groups is 1. The number of aryl methyl sites for hydroxylation is 1. The first-order chi connectivity index (χ1) is 14.5. The van der Waals surface area contributed by atoms with Gasteiger partial charge in [0.2, 0.25) is 0 Å². The normalized spacial score (nSPS) is 20.4. The van der Waals surface area contributed by atoms with Crippen molar-refractivity contribution in [3.05, 3.63) is 77.9 Å². The van der Waals surface area contributed by atoms with Crippen LogP contribution in [0.1, 0.15) is 23.1 Å². The van der Waals surface area contributed by atoms with E-state index in [1.54, 1.807) is 13.2 Å². The van der Waals surface area contributed by atoms with Crippen LogP contribution in [0.3, 0.4) is 0 Å². The molecule has 0 saturated carbocycles. The number of nitrogens with one attached hydrogen (secondary N) is 1. The van der Waals surface area contributed by atoms with Crippen molar-refractivity contribution < 1.29 is 14.3 Å². The van der Waals surface area contributed by atoms with Crippen LogP contribution in [0, 0.1) is 0 Å². The number of hydrogen-bond donors (Lipinski definition) is 1. The zero-order chi connectivity index (χ0) is 21.1. The Morgan fingerprint density at radius 1 is 1.17 bits per heavy atom. The molecule has 0 radical (unpaired) electrons. The maximum atomic E-state index is 13.4. The van der Waals surface area contributed by atoms with Gasteiger partial charge >= 0.3 is 6.03 Å². The van der Waals surface area contributed by atoms with Crippen molar-refractivity contribution in [3.8, 4) is 5.75 Å². The Bertz CT molecular complexity index is 956. The number of carbonyl (C=O) groups excluding carboxylic acids is 2. The van der Waals surface area contributed by atoms with Gasteiger partial charge in [0, 0.05) is 19.5 Å². The molecule has 2 aliphatic rings. The quantitative estimate of drug-likeness (QED) is 0.568. The highest BCUT2D eigenvalue weighted by atomic mass is 16.5. The van der Waals surface area contributed by atoms with Crippen LogP contribution < -0.4 is 10.1 Å². The third-order valence-corrected chi connectivity index (χ3v) is 5.97. The van der Waals surface area contributed by atoms with Crippen molar-refractivity contribution in [2.75, 3.05) is 20.3 Å². The number of rotatable bonds is 7. The van der Waals surface area contributed by atoms with E-state index >= 15 is 0 Å². The Balaban J connectivity index is 1.49. The summed E-state index contributed by atoms with van der Waals surface area (Å²) in [5.41, 5.74) is 2.65. The minimum absolute atomic E-state index is 0.134. The number of hydrogen-bond acceptors (Lipinski definition) is 4. The maximum Gasteiger partial charge on any atom is 0.326 e. The molecule has 1 aliphatic heterocycles. The van der Waals surface area contributed by atoms with Crippen LogP contribution in [-0.4, -0.2) is 47.6 Å². The second-order valence-corrected chi connectivity index (χ2v) is 7.98. The third kappa shape index (κ3) is 3.83. The van der Waals surface area contributed by atoms with Crippen LogP contribution >= 0.6 is 0 Å². The highest BCUT2D eigenvalue weighted by Crippen LogP contribution is 2.33. The molecule has 1 N–H and O–H groups in total. The summed E-state index contributed by atoms with van der Waals surface area (Å²) in [4.78, 5) is 29.5. The summed E-state index contributed by atoms with van der Waals surface area (Å²) in [5, 5.41) is 3.00. The van der Waals surface area contributed by atoms with Gasteiger partial charge in [0.1, 0.15) is 11.3 Å². The molecule has 30 heavy (non-hydrogen) atoms. The van der Waals surface area contributed by atoms with Gasteiger partial charge in [-0.3, -0.25) is 9.69 Å². The summed E-state index contributed by atoms with van der Waals surface area (Å²) < 4.78 is 5.21. The van der Waals surface area contributed by atoms with Gasteiger partial charge in [-0.15, -0.1) is 6.58 Å². The van der Waals surface area contributed by atoms with Gasteiger partial charge in [0.05, 0.1) is 13.8 Å². The predicted octanol–water partition coefficient (Wildman–Crippen LogP) is 3.12. The van der Waals surface area contributed by atoms with Crippen LogP contribution in [0.4, 0.5) is 4.79 Å². The molecule has 1 unspecified atom stereocenters. The van der Waals surface area contributed by atoms with Gasteiger partial charge in [0.15, 0.2) is 0 Å². The number of imide groups is 1. The lowest BCUT2D eigenvalue weighted by atomic mass is 9.78. The van der Waals surface area contributed by atoms with E-state index in [9.17, 15) is 9.59 Å². The Morgan fingerprint density at radius 3 is 2.60 bits per heavy atom. The van der Waals surface area contributed by atoms with Crippen molar-refractivity contribution >= 4 is 11.9 Å². The maximum absolute atomic E-state index is 13.4. The SMILES string of the molecule is C=CCN(Cc1ccc(OC)cc1)CN1C(=O)NC2(CCc3ccccc3C2)C1=O. The molecule has 6 heteroatoms. The minimum Gasteiger partial charge on any atom is -0.497 e. The number of fused-ring (bicyclic) bond motifs is 1. The molecule has 1 saturated heterocycles. The van der Waals surface area contributed by atoms with E-state index in [4.69, 9.17) is 4.74 Å². The van der Waals surface area contributed by atoms with E-state index in [-0.39, 0.29) is 18.6 Å². The molecule has 0 aromatic heterocycles. The monoisotopic (exact) mass is 405 g/mol. The molecule has 2 aromatic carbocycles. The number of benzene rings is 2. The summed E-state index contributed by atoms with van der Waals surface area (Å²) in [6.45, 7) is 5.22. The number of methoxy groups -OCH3 is 1. The molecule has 1 spiro atoms. The highest BCUT2D eigenvalue weighted by Gasteiger charge is 2.52. The number of ether oxygens (including phenoxy) is 1. The van der Waals surface area contributed by atoms with Gasteiger partial charge in [0.25, 0.3) is 5.91 Å². The first-order valence-electron chi connectivity index (χ1n) is 10.2. The molecule has 2 aromatic rings. The molecule has 1 aliphatic carbocycles.